The highest BCUT2D eigenvalue weighted by Crippen LogP contribution is 2.28. The highest BCUT2D eigenvalue weighted by atomic mass is 32.2. The highest BCUT2D eigenvalue weighted by molar-refractivity contribution is 7.99. The van der Waals surface area contributed by atoms with Crippen molar-refractivity contribution in [3.8, 4) is 0 Å². The van der Waals surface area contributed by atoms with Gasteiger partial charge in [-0.15, -0.1) is 11.8 Å². The second-order valence-electron chi connectivity index (χ2n) is 3.87. The lowest BCUT2D eigenvalue weighted by Crippen LogP contribution is -2.19. The number of rotatable bonds is 4. The fraction of sp³-hybridized carbons (Fsp3) is 0.143. The van der Waals surface area contributed by atoms with Gasteiger partial charge in [-0.05, 0) is 17.9 Å². The number of pyridine rings is 1. The van der Waals surface area contributed by atoms with Gasteiger partial charge in [0.2, 0.25) is 5.91 Å². The summed E-state index contributed by atoms with van der Waals surface area (Å²) in [6.45, 7) is 0. The summed E-state index contributed by atoms with van der Waals surface area (Å²) < 4.78 is 13.4. The van der Waals surface area contributed by atoms with E-state index in [1.54, 1.807) is 0 Å². The van der Waals surface area contributed by atoms with Gasteiger partial charge in [-0.25, -0.2) is 4.39 Å². The predicted molar refractivity (Wildman–Crippen MR) is 75.5 cm³/mol. The molecule has 1 aromatic heterocycles. The molecule has 5 heteroatoms. The second kappa shape index (κ2) is 6.33. The molecule has 1 amide bonds. The monoisotopic (exact) mass is 276 g/mol. The first-order valence-electron chi connectivity index (χ1n) is 5.70. The van der Waals surface area contributed by atoms with E-state index in [4.69, 9.17) is 0 Å². The smallest absolute Gasteiger partial charge is 0.242 e. The van der Waals surface area contributed by atoms with Crippen LogP contribution in [-0.4, -0.2) is 17.1 Å². The highest BCUT2D eigenvalue weighted by Gasteiger charge is 2.20. The number of benzene rings is 1. The lowest BCUT2D eigenvalue weighted by Gasteiger charge is -2.15. The molecule has 0 aliphatic carbocycles. The fourth-order valence-corrected chi connectivity index (χ4v) is 2.40. The van der Waals surface area contributed by atoms with Crippen molar-refractivity contribution in [1.82, 2.24) is 4.98 Å². The average Bonchev–Trinajstić information content (AvgIpc) is 2.43. The number of halogens is 1. The van der Waals surface area contributed by atoms with E-state index in [-0.39, 0.29) is 16.8 Å². The summed E-state index contributed by atoms with van der Waals surface area (Å²) in [5.74, 6) is -0.785. The molecule has 0 radical (unpaired) electrons. The molecule has 0 bridgehead atoms. The van der Waals surface area contributed by atoms with Crippen LogP contribution in [0.5, 0.6) is 0 Å². The van der Waals surface area contributed by atoms with Crippen LogP contribution in [0.25, 0.3) is 0 Å². The van der Waals surface area contributed by atoms with E-state index in [2.05, 4.69) is 10.3 Å². The lowest BCUT2D eigenvalue weighted by atomic mass is 10.1. The molecule has 1 N–H and O–H groups in total. The van der Waals surface area contributed by atoms with Crippen LogP contribution in [0, 0.1) is 5.82 Å². The van der Waals surface area contributed by atoms with E-state index < -0.39 is 5.82 Å². The summed E-state index contributed by atoms with van der Waals surface area (Å²) in [5.41, 5.74) is 1.04. The molecule has 0 unspecified atom stereocenters. The van der Waals surface area contributed by atoms with Crippen molar-refractivity contribution < 1.29 is 9.18 Å². The van der Waals surface area contributed by atoms with Gasteiger partial charge in [0.15, 0.2) is 5.82 Å². The molecule has 0 aliphatic rings. The van der Waals surface area contributed by atoms with E-state index >= 15 is 0 Å². The van der Waals surface area contributed by atoms with Gasteiger partial charge in [0.05, 0.1) is 11.9 Å². The Balaban J connectivity index is 2.17. The van der Waals surface area contributed by atoms with Crippen molar-refractivity contribution in [3.05, 3.63) is 60.2 Å². The molecular weight excluding hydrogens is 263 g/mol. The number of carbonyl (C=O) groups excluding carboxylic acids is 1. The molecule has 98 valence electrons. The largest absolute Gasteiger partial charge is 0.322 e. The maximum atomic E-state index is 13.4. The number of amides is 1. The van der Waals surface area contributed by atoms with E-state index in [9.17, 15) is 9.18 Å². The number of nitrogens with one attached hydrogen (secondary N) is 1. The van der Waals surface area contributed by atoms with Crippen molar-refractivity contribution >= 4 is 23.4 Å². The average molecular weight is 276 g/mol. The minimum Gasteiger partial charge on any atom is -0.322 e. The minimum atomic E-state index is -0.538. The molecule has 19 heavy (non-hydrogen) atoms. The van der Waals surface area contributed by atoms with Crippen molar-refractivity contribution in [2.45, 2.75) is 5.25 Å². The van der Waals surface area contributed by atoms with E-state index in [1.807, 2.05) is 36.6 Å². The van der Waals surface area contributed by atoms with Crippen molar-refractivity contribution in [1.29, 1.82) is 0 Å². The molecule has 1 atom stereocenters. The molecule has 0 aliphatic heterocycles. The van der Waals surface area contributed by atoms with Crippen LogP contribution in [0.4, 0.5) is 10.1 Å². The van der Waals surface area contributed by atoms with E-state index in [0.29, 0.717) is 0 Å². The van der Waals surface area contributed by atoms with Crippen LogP contribution < -0.4 is 5.32 Å². The molecule has 0 spiro atoms. The number of carbonyl (C=O) groups is 1. The standard InChI is InChI=1S/C14H13FN2OS/c1-19-13(10-5-3-2-4-6-10)14(18)17-12-7-8-16-9-11(12)15/h2-9,13H,1H3,(H,16,17,18)/t13-/m0/s1. The molecule has 0 fully saturated rings. The van der Waals surface area contributed by atoms with Crippen LogP contribution in [0.1, 0.15) is 10.8 Å². The molecule has 2 rings (SSSR count). The summed E-state index contributed by atoms with van der Waals surface area (Å²) in [6, 6.07) is 10.8. The van der Waals surface area contributed by atoms with E-state index in [0.717, 1.165) is 11.8 Å². The molecule has 0 saturated carbocycles. The Hall–Kier alpha value is -1.88. The summed E-state index contributed by atoms with van der Waals surface area (Å²) in [6.07, 6.45) is 4.36. The third-order valence-electron chi connectivity index (χ3n) is 2.61. The first-order chi connectivity index (χ1) is 9.22. The Morgan fingerprint density at radius 2 is 2.05 bits per heavy atom. The van der Waals surface area contributed by atoms with Gasteiger partial charge < -0.3 is 5.32 Å². The summed E-state index contributed by atoms with van der Waals surface area (Å²) >= 11 is 1.41. The Bertz CT molecular complexity index is 562. The van der Waals surface area contributed by atoms with E-state index in [1.165, 1.54) is 24.0 Å². The van der Waals surface area contributed by atoms with Gasteiger partial charge in [-0.2, -0.15) is 0 Å². The van der Waals surface area contributed by atoms with Crippen LogP contribution >= 0.6 is 11.8 Å². The Morgan fingerprint density at radius 3 is 2.68 bits per heavy atom. The number of thioether (sulfide) groups is 1. The number of hydrogen-bond donors (Lipinski definition) is 1. The minimum absolute atomic E-state index is 0.148. The quantitative estimate of drug-likeness (QED) is 0.932. The Labute approximate surface area is 115 Å². The molecule has 0 saturated heterocycles. The summed E-state index contributed by atoms with van der Waals surface area (Å²) in [4.78, 5) is 15.8. The zero-order chi connectivity index (χ0) is 13.7. The van der Waals surface area contributed by atoms with Crippen molar-refractivity contribution in [2.24, 2.45) is 0 Å². The lowest BCUT2D eigenvalue weighted by molar-refractivity contribution is -0.115. The van der Waals surface area contributed by atoms with Gasteiger partial charge in [0.25, 0.3) is 0 Å². The Kier molecular flexibility index (Phi) is 4.52. The number of anilines is 1. The fourth-order valence-electron chi connectivity index (χ4n) is 1.70. The Morgan fingerprint density at radius 1 is 1.32 bits per heavy atom. The van der Waals surface area contributed by atoms with Gasteiger partial charge in [-0.3, -0.25) is 9.78 Å². The SMILES string of the molecule is CS[C@H](C(=O)Nc1ccncc1F)c1ccccc1. The van der Waals surface area contributed by atoms with Crippen LogP contribution in [0.15, 0.2) is 48.8 Å². The van der Waals surface area contributed by atoms with Crippen molar-refractivity contribution in [2.75, 3.05) is 11.6 Å². The van der Waals surface area contributed by atoms with Crippen LogP contribution in [-0.2, 0) is 4.79 Å². The maximum absolute atomic E-state index is 13.4. The third-order valence-corrected chi connectivity index (χ3v) is 3.56. The molecule has 2 aromatic rings. The molecule has 1 heterocycles. The van der Waals surface area contributed by atoms with Crippen LogP contribution in [0.3, 0.4) is 0 Å². The first-order valence-corrected chi connectivity index (χ1v) is 6.99. The summed E-state index contributed by atoms with van der Waals surface area (Å²) in [7, 11) is 0. The summed E-state index contributed by atoms with van der Waals surface area (Å²) in [5, 5.41) is 2.22. The molecule has 1 aromatic carbocycles. The van der Waals surface area contributed by atoms with Gasteiger partial charge in [0.1, 0.15) is 5.25 Å². The normalized spacial score (nSPS) is 11.9. The second-order valence-corrected chi connectivity index (χ2v) is 4.81. The van der Waals surface area contributed by atoms with Gasteiger partial charge in [-0.1, -0.05) is 30.3 Å². The number of hydrogen-bond acceptors (Lipinski definition) is 3. The topological polar surface area (TPSA) is 42.0 Å². The van der Waals surface area contributed by atoms with Crippen molar-refractivity contribution in [3.63, 3.8) is 0 Å². The third kappa shape index (κ3) is 3.32. The molecule has 3 nitrogen and oxygen atoms in total. The molecular formula is C14H13FN2OS. The maximum Gasteiger partial charge on any atom is 0.242 e. The first kappa shape index (κ1) is 13.5. The number of aromatic nitrogens is 1. The van der Waals surface area contributed by atoms with Gasteiger partial charge in [0, 0.05) is 6.20 Å². The number of nitrogens with zero attached hydrogens (tertiary/aromatic N) is 1. The zero-order valence-corrected chi connectivity index (χ0v) is 11.2. The van der Waals surface area contributed by atoms with Gasteiger partial charge >= 0.3 is 0 Å². The zero-order valence-electron chi connectivity index (χ0n) is 10.3. The van der Waals surface area contributed by atoms with Crippen LogP contribution in [0.2, 0.25) is 0 Å². The predicted octanol–water partition coefficient (Wildman–Crippen LogP) is 3.26.